The maximum Gasteiger partial charge on any atom is 0.244 e. The van der Waals surface area contributed by atoms with Crippen LogP contribution in [0.3, 0.4) is 0 Å². The topological polar surface area (TPSA) is 93.1 Å². The highest BCUT2D eigenvalue weighted by Crippen LogP contribution is 2.19. The third kappa shape index (κ3) is 4.21. The van der Waals surface area contributed by atoms with E-state index in [4.69, 9.17) is 0 Å². The van der Waals surface area contributed by atoms with Crippen molar-refractivity contribution >= 4 is 15.9 Å². The largest absolute Gasteiger partial charge is 0.352 e. The molecule has 7 nitrogen and oxygen atoms in total. The van der Waals surface area contributed by atoms with Crippen molar-refractivity contribution in [1.29, 1.82) is 0 Å². The van der Waals surface area contributed by atoms with E-state index < -0.39 is 16.1 Å². The Hall–Kier alpha value is -2.19. The number of aromatic nitrogens is 2. The molecular formula is C16H20N4O3S. The standard InChI is InChI=1S/C16H20N4O3S/c1-20-11-14(10-17-20)24(22,23)19-15(16(21)18-13-7-8-13)9-12-5-3-2-4-6-12/h2-6,10-11,13,15,19H,7-9H2,1H3,(H,18,21)/t15-/m0/s1. The van der Waals surface area contributed by atoms with E-state index in [1.165, 1.54) is 17.1 Å². The molecule has 1 atom stereocenters. The molecule has 1 amide bonds. The molecule has 1 aliphatic rings. The van der Waals surface area contributed by atoms with Crippen molar-refractivity contribution in [2.45, 2.75) is 36.2 Å². The molecule has 1 fully saturated rings. The molecule has 1 heterocycles. The number of nitrogens with one attached hydrogen (secondary N) is 2. The van der Waals surface area contributed by atoms with E-state index in [9.17, 15) is 13.2 Å². The highest BCUT2D eigenvalue weighted by atomic mass is 32.2. The minimum absolute atomic E-state index is 0.0438. The molecule has 1 aromatic carbocycles. The van der Waals surface area contributed by atoms with Crippen LogP contribution in [-0.4, -0.2) is 36.2 Å². The summed E-state index contributed by atoms with van der Waals surface area (Å²) in [4.78, 5) is 12.5. The van der Waals surface area contributed by atoms with Gasteiger partial charge < -0.3 is 5.32 Å². The number of carbonyl (C=O) groups is 1. The maximum absolute atomic E-state index is 12.5. The lowest BCUT2D eigenvalue weighted by Gasteiger charge is -2.18. The first-order chi connectivity index (χ1) is 11.4. The molecule has 2 aromatic rings. The van der Waals surface area contributed by atoms with Gasteiger partial charge in [0.25, 0.3) is 0 Å². The van der Waals surface area contributed by atoms with Gasteiger partial charge in [0, 0.05) is 19.3 Å². The number of aryl methyl sites for hydroxylation is 1. The molecule has 3 rings (SSSR count). The molecule has 24 heavy (non-hydrogen) atoms. The molecule has 0 unspecified atom stereocenters. The Morgan fingerprint density at radius 1 is 1.33 bits per heavy atom. The number of sulfonamides is 1. The Balaban J connectivity index is 1.79. The van der Waals surface area contributed by atoms with Gasteiger partial charge in [-0.05, 0) is 24.8 Å². The zero-order chi connectivity index (χ0) is 17.2. The average molecular weight is 348 g/mol. The first-order valence-electron chi connectivity index (χ1n) is 7.79. The zero-order valence-electron chi connectivity index (χ0n) is 13.3. The van der Waals surface area contributed by atoms with Gasteiger partial charge in [0.2, 0.25) is 15.9 Å². The number of benzene rings is 1. The lowest BCUT2D eigenvalue weighted by Crippen LogP contribution is -2.48. The Morgan fingerprint density at radius 2 is 2.04 bits per heavy atom. The van der Waals surface area contributed by atoms with Crippen LogP contribution in [0.4, 0.5) is 0 Å². The summed E-state index contributed by atoms with van der Waals surface area (Å²) in [6.45, 7) is 0. The Morgan fingerprint density at radius 3 is 2.62 bits per heavy atom. The SMILES string of the molecule is Cn1cc(S(=O)(=O)N[C@@H](Cc2ccccc2)C(=O)NC2CC2)cn1. The fourth-order valence-corrected chi connectivity index (χ4v) is 3.54. The predicted molar refractivity (Wildman–Crippen MR) is 88.6 cm³/mol. The average Bonchev–Trinajstić information content (AvgIpc) is 3.24. The molecule has 128 valence electrons. The molecule has 0 bridgehead atoms. The summed E-state index contributed by atoms with van der Waals surface area (Å²) in [6.07, 6.45) is 4.85. The third-order valence-corrected chi connectivity index (χ3v) is 5.24. The summed E-state index contributed by atoms with van der Waals surface area (Å²) in [7, 11) is -2.17. The minimum Gasteiger partial charge on any atom is -0.352 e. The van der Waals surface area contributed by atoms with E-state index in [0.29, 0.717) is 6.42 Å². The molecule has 0 radical (unpaired) electrons. The van der Waals surface area contributed by atoms with Crippen molar-refractivity contribution in [3.63, 3.8) is 0 Å². The van der Waals surface area contributed by atoms with E-state index in [1.807, 2.05) is 30.3 Å². The summed E-state index contributed by atoms with van der Waals surface area (Å²) in [5, 5.41) is 6.74. The smallest absolute Gasteiger partial charge is 0.244 e. The summed E-state index contributed by atoms with van der Waals surface area (Å²) in [5.41, 5.74) is 0.891. The van der Waals surface area contributed by atoms with Gasteiger partial charge in [-0.2, -0.15) is 9.82 Å². The number of hydrogen-bond acceptors (Lipinski definition) is 4. The first kappa shape index (κ1) is 16.7. The van der Waals surface area contributed by atoms with Gasteiger partial charge in [-0.1, -0.05) is 30.3 Å². The molecular weight excluding hydrogens is 328 g/mol. The van der Waals surface area contributed by atoms with E-state index in [1.54, 1.807) is 7.05 Å². The van der Waals surface area contributed by atoms with Gasteiger partial charge in [0.05, 0.1) is 6.20 Å². The fraction of sp³-hybridized carbons (Fsp3) is 0.375. The van der Waals surface area contributed by atoms with Gasteiger partial charge in [-0.15, -0.1) is 0 Å². The predicted octanol–water partition coefficient (Wildman–Crippen LogP) is 0.588. The summed E-state index contributed by atoms with van der Waals surface area (Å²) in [5.74, 6) is -0.297. The second-order valence-electron chi connectivity index (χ2n) is 6.00. The Labute approximate surface area is 141 Å². The van der Waals surface area contributed by atoms with Crippen LogP contribution in [0.25, 0.3) is 0 Å². The normalized spacial score (nSPS) is 15.9. The second-order valence-corrected chi connectivity index (χ2v) is 7.71. The second kappa shape index (κ2) is 6.74. The fourth-order valence-electron chi connectivity index (χ4n) is 2.36. The van der Waals surface area contributed by atoms with Gasteiger partial charge in [0.15, 0.2) is 0 Å². The lowest BCUT2D eigenvalue weighted by molar-refractivity contribution is -0.122. The van der Waals surface area contributed by atoms with Crippen molar-refractivity contribution in [2.75, 3.05) is 0 Å². The van der Waals surface area contributed by atoms with Crippen LogP contribution in [0.5, 0.6) is 0 Å². The molecule has 2 N–H and O–H groups in total. The van der Waals surface area contributed by atoms with Crippen LogP contribution >= 0.6 is 0 Å². The quantitative estimate of drug-likeness (QED) is 0.766. The molecule has 1 aromatic heterocycles. The van der Waals surface area contributed by atoms with Gasteiger partial charge in [-0.25, -0.2) is 8.42 Å². The van der Waals surface area contributed by atoms with Crippen LogP contribution < -0.4 is 10.0 Å². The molecule has 0 aliphatic heterocycles. The van der Waals surface area contributed by atoms with E-state index in [0.717, 1.165) is 18.4 Å². The van der Waals surface area contributed by atoms with Crippen molar-refractivity contribution in [1.82, 2.24) is 19.8 Å². The Kier molecular flexibility index (Phi) is 4.68. The van der Waals surface area contributed by atoms with E-state index >= 15 is 0 Å². The van der Waals surface area contributed by atoms with Crippen LogP contribution in [-0.2, 0) is 28.3 Å². The molecule has 0 saturated heterocycles. The molecule has 1 saturated carbocycles. The van der Waals surface area contributed by atoms with Crippen LogP contribution in [0.2, 0.25) is 0 Å². The van der Waals surface area contributed by atoms with E-state index in [2.05, 4.69) is 15.1 Å². The third-order valence-electron chi connectivity index (χ3n) is 3.81. The first-order valence-corrected chi connectivity index (χ1v) is 9.27. The van der Waals surface area contributed by atoms with Crippen molar-refractivity contribution in [3.8, 4) is 0 Å². The van der Waals surface area contributed by atoms with E-state index in [-0.39, 0.29) is 16.8 Å². The highest BCUT2D eigenvalue weighted by Gasteiger charge is 2.31. The van der Waals surface area contributed by atoms with Crippen molar-refractivity contribution < 1.29 is 13.2 Å². The highest BCUT2D eigenvalue weighted by molar-refractivity contribution is 7.89. The number of hydrogen-bond donors (Lipinski definition) is 2. The summed E-state index contributed by atoms with van der Waals surface area (Å²) < 4.78 is 28.9. The summed E-state index contributed by atoms with van der Waals surface area (Å²) >= 11 is 0. The number of nitrogens with zero attached hydrogens (tertiary/aromatic N) is 2. The van der Waals surface area contributed by atoms with Gasteiger partial charge in [0.1, 0.15) is 10.9 Å². The monoisotopic (exact) mass is 348 g/mol. The van der Waals surface area contributed by atoms with Gasteiger partial charge in [-0.3, -0.25) is 9.48 Å². The van der Waals surface area contributed by atoms with Crippen LogP contribution in [0, 0.1) is 0 Å². The number of carbonyl (C=O) groups excluding carboxylic acids is 1. The lowest BCUT2D eigenvalue weighted by atomic mass is 10.1. The number of amides is 1. The molecule has 0 spiro atoms. The maximum atomic E-state index is 12.5. The Bertz CT molecular complexity index is 813. The molecule has 8 heteroatoms. The van der Waals surface area contributed by atoms with Gasteiger partial charge >= 0.3 is 0 Å². The number of rotatable bonds is 7. The van der Waals surface area contributed by atoms with Crippen LogP contribution in [0.1, 0.15) is 18.4 Å². The summed E-state index contributed by atoms with van der Waals surface area (Å²) in [6, 6.07) is 8.65. The zero-order valence-corrected chi connectivity index (χ0v) is 14.2. The van der Waals surface area contributed by atoms with Crippen molar-refractivity contribution in [3.05, 3.63) is 48.3 Å². The van der Waals surface area contributed by atoms with Crippen LogP contribution in [0.15, 0.2) is 47.6 Å². The molecule has 1 aliphatic carbocycles. The van der Waals surface area contributed by atoms with Crippen molar-refractivity contribution in [2.24, 2.45) is 7.05 Å². The minimum atomic E-state index is -3.81.